The Labute approximate surface area is 121 Å². The summed E-state index contributed by atoms with van der Waals surface area (Å²) < 4.78 is 2.16. The second-order valence-corrected chi connectivity index (χ2v) is 5.67. The summed E-state index contributed by atoms with van der Waals surface area (Å²) in [5.41, 5.74) is 9.70. The van der Waals surface area contributed by atoms with Crippen molar-refractivity contribution in [2.45, 2.75) is 47.1 Å². The molecule has 108 valence electrons. The van der Waals surface area contributed by atoms with E-state index in [1.165, 1.54) is 5.56 Å². The van der Waals surface area contributed by atoms with Crippen LogP contribution in [0.25, 0.3) is 11.3 Å². The van der Waals surface area contributed by atoms with E-state index in [-0.39, 0.29) is 0 Å². The highest BCUT2D eigenvalue weighted by atomic mass is 15.1. The summed E-state index contributed by atoms with van der Waals surface area (Å²) in [4.78, 5) is 4.74. The first kappa shape index (κ1) is 14.6. The highest BCUT2D eigenvalue weighted by Gasteiger charge is 2.15. The van der Waals surface area contributed by atoms with Gasteiger partial charge in [-0.15, -0.1) is 0 Å². The molecule has 3 heteroatoms. The van der Waals surface area contributed by atoms with Crippen molar-refractivity contribution < 1.29 is 0 Å². The molecule has 1 aromatic heterocycles. The Bertz CT molecular complexity index is 565. The number of imidazole rings is 1. The number of nitrogen functional groups attached to an aromatic ring is 1. The third-order valence-corrected chi connectivity index (χ3v) is 3.59. The number of benzene rings is 1. The maximum atomic E-state index is 6.33. The average molecular weight is 271 g/mol. The Balaban J connectivity index is 2.43. The zero-order valence-electron chi connectivity index (χ0n) is 13.0. The molecule has 0 unspecified atom stereocenters. The summed E-state index contributed by atoms with van der Waals surface area (Å²) in [6, 6.07) is 8.55. The number of aryl methyl sites for hydroxylation is 2. The molecule has 2 N–H and O–H groups in total. The van der Waals surface area contributed by atoms with Gasteiger partial charge in [-0.25, -0.2) is 4.98 Å². The SMILES string of the molecule is CCc1ccc(-c2nc(CC)n(CC(C)C)c2N)cc1. The fourth-order valence-corrected chi connectivity index (χ4v) is 2.46. The predicted molar refractivity (Wildman–Crippen MR) is 85.7 cm³/mol. The van der Waals surface area contributed by atoms with E-state index in [0.717, 1.165) is 42.3 Å². The van der Waals surface area contributed by atoms with Crippen LogP contribution in [-0.2, 0) is 19.4 Å². The molecule has 1 heterocycles. The second-order valence-electron chi connectivity index (χ2n) is 5.67. The van der Waals surface area contributed by atoms with Gasteiger partial charge in [-0.3, -0.25) is 0 Å². The number of hydrogen-bond donors (Lipinski definition) is 1. The van der Waals surface area contributed by atoms with Crippen molar-refractivity contribution in [2.24, 2.45) is 5.92 Å². The van der Waals surface area contributed by atoms with Crippen molar-refractivity contribution in [1.82, 2.24) is 9.55 Å². The molecule has 1 aromatic carbocycles. The van der Waals surface area contributed by atoms with E-state index in [4.69, 9.17) is 10.7 Å². The molecule has 0 saturated carbocycles. The predicted octanol–water partition coefficient (Wildman–Crippen LogP) is 3.91. The summed E-state index contributed by atoms with van der Waals surface area (Å²) in [5.74, 6) is 2.43. The number of anilines is 1. The number of aromatic nitrogens is 2. The lowest BCUT2D eigenvalue weighted by Crippen LogP contribution is -2.10. The maximum Gasteiger partial charge on any atom is 0.131 e. The first-order valence-electron chi connectivity index (χ1n) is 7.50. The van der Waals surface area contributed by atoms with Gasteiger partial charge in [-0.1, -0.05) is 52.0 Å². The fourth-order valence-electron chi connectivity index (χ4n) is 2.46. The molecule has 0 saturated heterocycles. The number of nitrogens with two attached hydrogens (primary N) is 1. The molecule has 2 rings (SSSR count). The summed E-state index contributed by atoms with van der Waals surface area (Å²) >= 11 is 0. The molecular weight excluding hydrogens is 246 g/mol. The third kappa shape index (κ3) is 2.87. The van der Waals surface area contributed by atoms with E-state index < -0.39 is 0 Å². The van der Waals surface area contributed by atoms with Crippen LogP contribution in [-0.4, -0.2) is 9.55 Å². The first-order chi connectivity index (χ1) is 9.56. The quantitative estimate of drug-likeness (QED) is 0.896. The molecule has 0 radical (unpaired) electrons. The van der Waals surface area contributed by atoms with Crippen molar-refractivity contribution >= 4 is 5.82 Å². The van der Waals surface area contributed by atoms with Crippen LogP contribution in [0, 0.1) is 5.92 Å². The van der Waals surface area contributed by atoms with Crippen molar-refractivity contribution in [3.8, 4) is 11.3 Å². The molecule has 0 amide bonds. The van der Waals surface area contributed by atoms with Gasteiger partial charge in [0, 0.05) is 18.5 Å². The van der Waals surface area contributed by atoms with E-state index in [2.05, 4.69) is 56.5 Å². The molecule has 0 atom stereocenters. The van der Waals surface area contributed by atoms with Crippen LogP contribution < -0.4 is 5.73 Å². The molecule has 0 aliphatic carbocycles. The Hall–Kier alpha value is -1.77. The molecule has 0 bridgehead atoms. The van der Waals surface area contributed by atoms with Crippen LogP contribution in [0.3, 0.4) is 0 Å². The molecule has 0 aliphatic rings. The molecule has 0 fully saturated rings. The topological polar surface area (TPSA) is 43.8 Å². The van der Waals surface area contributed by atoms with Crippen LogP contribution in [0.4, 0.5) is 5.82 Å². The highest BCUT2D eigenvalue weighted by Crippen LogP contribution is 2.27. The van der Waals surface area contributed by atoms with Crippen LogP contribution in [0.15, 0.2) is 24.3 Å². The number of nitrogens with zero attached hydrogens (tertiary/aromatic N) is 2. The summed E-state index contributed by atoms with van der Waals surface area (Å²) in [5, 5.41) is 0. The van der Waals surface area contributed by atoms with E-state index >= 15 is 0 Å². The van der Waals surface area contributed by atoms with E-state index in [9.17, 15) is 0 Å². The van der Waals surface area contributed by atoms with Gasteiger partial charge in [-0.05, 0) is 17.9 Å². The lowest BCUT2D eigenvalue weighted by Gasteiger charge is -2.11. The number of rotatable bonds is 5. The van der Waals surface area contributed by atoms with Crippen LogP contribution in [0.2, 0.25) is 0 Å². The molecule has 3 nitrogen and oxygen atoms in total. The van der Waals surface area contributed by atoms with E-state index in [0.29, 0.717) is 5.92 Å². The lowest BCUT2D eigenvalue weighted by atomic mass is 10.1. The molecule has 2 aromatic rings. The van der Waals surface area contributed by atoms with Gasteiger partial charge in [0.05, 0.1) is 0 Å². The normalized spacial score (nSPS) is 11.2. The van der Waals surface area contributed by atoms with Crippen molar-refractivity contribution in [3.05, 3.63) is 35.7 Å². The largest absolute Gasteiger partial charge is 0.383 e. The van der Waals surface area contributed by atoms with Crippen LogP contribution in [0.5, 0.6) is 0 Å². The molecule has 0 spiro atoms. The zero-order chi connectivity index (χ0) is 14.7. The Morgan fingerprint density at radius 2 is 1.75 bits per heavy atom. The summed E-state index contributed by atoms with van der Waals surface area (Å²) in [7, 11) is 0. The monoisotopic (exact) mass is 271 g/mol. The van der Waals surface area contributed by atoms with E-state index in [1.807, 2.05) is 0 Å². The zero-order valence-corrected chi connectivity index (χ0v) is 13.0. The standard InChI is InChI=1S/C17H25N3/c1-5-13-7-9-14(10-8-13)16-17(18)20(11-12(3)4)15(6-2)19-16/h7-10,12H,5-6,11,18H2,1-4H3. The highest BCUT2D eigenvalue weighted by molar-refractivity contribution is 5.71. The summed E-state index contributed by atoms with van der Waals surface area (Å²) in [6.07, 6.45) is 1.96. The minimum absolute atomic E-state index is 0.562. The van der Waals surface area contributed by atoms with Crippen LogP contribution in [0.1, 0.15) is 39.1 Å². The van der Waals surface area contributed by atoms with Gasteiger partial charge in [-0.2, -0.15) is 0 Å². The van der Waals surface area contributed by atoms with Gasteiger partial charge in [0.2, 0.25) is 0 Å². The Kier molecular flexibility index (Phi) is 4.48. The molecular formula is C17H25N3. The molecule has 0 aliphatic heterocycles. The summed E-state index contributed by atoms with van der Waals surface area (Å²) in [6.45, 7) is 9.62. The van der Waals surface area contributed by atoms with Gasteiger partial charge in [0.15, 0.2) is 0 Å². The van der Waals surface area contributed by atoms with Gasteiger partial charge >= 0.3 is 0 Å². The Morgan fingerprint density at radius 1 is 1.10 bits per heavy atom. The van der Waals surface area contributed by atoms with Gasteiger partial charge < -0.3 is 10.3 Å². The smallest absolute Gasteiger partial charge is 0.131 e. The van der Waals surface area contributed by atoms with Crippen molar-refractivity contribution in [3.63, 3.8) is 0 Å². The van der Waals surface area contributed by atoms with Crippen molar-refractivity contribution in [2.75, 3.05) is 5.73 Å². The fraction of sp³-hybridized carbons (Fsp3) is 0.471. The third-order valence-electron chi connectivity index (χ3n) is 3.59. The maximum absolute atomic E-state index is 6.33. The van der Waals surface area contributed by atoms with Gasteiger partial charge in [0.1, 0.15) is 17.3 Å². The average Bonchev–Trinajstić information content (AvgIpc) is 2.75. The van der Waals surface area contributed by atoms with E-state index in [1.54, 1.807) is 0 Å². The minimum atomic E-state index is 0.562. The second kappa shape index (κ2) is 6.12. The number of hydrogen-bond acceptors (Lipinski definition) is 2. The van der Waals surface area contributed by atoms with Crippen LogP contribution >= 0.6 is 0 Å². The molecule has 20 heavy (non-hydrogen) atoms. The lowest BCUT2D eigenvalue weighted by molar-refractivity contribution is 0.513. The Morgan fingerprint density at radius 3 is 2.25 bits per heavy atom. The first-order valence-corrected chi connectivity index (χ1v) is 7.50. The van der Waals surface area contributed by atoms with Gasteiger partial charge in [0.25, 0.3) is 0 Å². The minimum Gasteiger partial charge on any atom is -0.383 e. The van der Waals surface area contributed by atoms with Crippen molar-refractivity contribution in [1.29, 1.82) is 0 Å².